The van der Waals surface area contributed by atoms with E-state index in [0.717, 1.165) is 11.6 Å². The lowest BCUT2D eigenvalue weighted by Crippen LogP contribution is -2.23. The first-order valence-electron chi connectivity index (χ1n) is 5.94. The van der Waals surface area contributed by atoms with Gasteiger partial charge < -0.3 is 5.32 Å². The number of benzene rings is 2. The van der Waals surface area contributed by atoms with Crippen LogP contribution in [0.5, 0.6) is 0 Å². The van der Waals surface area contributed by atoms with Gasteiger partial charge in [-0.2, -0.15) is 0 Å². The number of carbonyl (C=O) groups is 1. The second-order valence-electron chi connectivity index (χ2n) is 4.20. The standard InChI is InChI=1S/C14H10Cl2N2O3/c15-12-4-2-1-3-9(12)8-17-14(19)11-6-5-10(18(20)21)7-13(11)16/h1-7H,8H2,(H,17,19). The van der Waals surface area contributed by atoms with E-state index >= 15 is 0 Å². The normalized spacial score (nSPS) is 10.2. The number of hydrogen-bond acceptors (Lipinski definition) is 3. The number of non-ortho nitro benzene ring substituents is 1. The van der Waals surface area contributed by atoms with E-state index in [0.29, 0.717) is 5.02 Å². The highest BCUT2D eigenvalue weighted by Crippen LogP contribution is 2.22. The molecule has 0 fully saturated rings. The largest absolute Gasteiger partial charge is 0.348 e. The maximum absolute atomic E-state index is 12.0. The molecule has 0 heterocycles. The Morgan fingerprint density at radius 2 is 1.86 bits per heavy atom. The molecule has 0 aliphatic heterocycles. The Balaban J connectivity index is 2.11. The average Bonchev–Trinajstić information content (AvgIpc) is 2.46. The minimum absolute atomic E-state index is 0.0286. The van der Waals surface area contributed by atoms with E-state index in [9.17, 15) is 14.9 Å². The van der Waals surface area contributed by atoms with Gasteiger partial charge in [0.2, 0.25) is 0 Å². The number of nitrogens with zero attached hydrogens (tertiary/aromatic N) is 1. The van der Waals surface area contributed by atoms with E-state index in [2.05, 4.69) is 5.32 Å². The fourth-order valence-corrected chi connectivity index (χ4v) is 2.18. The fraction of sp³-hybridized carbons (Fsp3) is 0.0714. The predicted molar refractivity (Wildman–Crippen MR) is 80.7 cm³/mol. The van der Waals surface area contributed by atoms with E-state index in [1.807, 2.05) is 6.07 Å². The van der Waals surface area contributed by atoms with Gasteiger partial charge in [0.15, 0.2) is 0 Å². The highest BCUT2D eigenvalue weighted by molar-refractivity contribution is 6.34. The molecule has 0 saturated heterocycles. The molecular weight excluding hydrogens is 315 g/mol. The molecule has 0 aromatic heterocycles. The molecule has 2 aromatic rings. The van der Waals surface area contributed by atoms with Crippen molar-refractivity contribution in [2.45, 2.75) is 6.54 Å². The van der Waals surface area contributed by atoms with Crippen LogP contribution in [0.2, 0.25) is 10.0 Å². The van der Waals surface area contributed by atoms with Gasteiger partial charge in [0.25, 0.3) is 11.6 Å². The van der Waals surface area contributed by atoms with Crippen molar-refractivity contribution < 1.29 is 9.72 Å². The molecule has 0 aliphatic carbocycles. The number of rotatable bonds is 4. The second kappa shape index (κ2) is 6.56. The Morgan fingerprint density at radius 3 is 2.48 bits per heavy atom. The second-order valence-corrected chi connectivity index (χ2v) is 5.01. The van der Waals surface area contributed by atoms with Gasteiger partial charge in [0.1, 0.15) is 0 Å². The summed E-state index contributed by atoms with van der Waals surface area (Å²) in [5, 5.41) is 13.9. The van der Waals surface area contributed by atoms with Crippen LogP contribution in [-0.2, 0) is 6.54 Å². The van der Waals surface area contributed by atoms with Crippen LogP contribution in [0.3, 0.4) is 0 Å². The Bertz CT molecular complexity index is 704. The third-order valence-electron chi connectivity index (χ3n) is 2.81. The Labute approximate surface area is 130 Å². The van der Waals surface area contributed by atoms with Crippen LogP contribution in [0, 0.1) is 10.1 Å². The van der Waals surface area contributed by atoms with Crippen LogP contribution in [-0.4, -0.2) is 10.8 Å². The van der Waals surface area contributed by atoms with Crippen LogP contribution in [0.15, 0.2) is 42.5 Å². The number of amides is 1. The van der Waals surface area contributed by atoms with Gasteiger partial charge in [-0.25, -0.2) is 0 Å². The SMILES string of the molecule is O=C(NCc1ccccc1Cl)c1ccc([N+](=O)[O-])cc1Cl. The summed E-state index contributed by atoms with van der Waals surface area (Å²) in [4.78, 5) is 22.1. The van der Waals surface area contributed by atoms with Crippen molar-refractivity contribution >= 4 is 34.8 Å². The molecule has 21 heavy (non-hydrogen) atoms. The molecule has 2 rings (SSSR count). The Kier molecular flexibility index (Phi) is 4.77. The molecule has 0 aliphatic rings. The summed E-state index contributed by atoms with van der Waals surface area (Å²) in [6.07, 6.45) is 0. The summed E-state index contributed by atoms with van der Waals surface area (Å²) in [7, 11) is 0. The Morgan fingerprint density at radius 1 is 1.14 bits per heavy atom. The quantitative estimate of drug-likeness (QED) is 0.686. The molecule has 0 unspecified atom stereocenters. The molecule has 0 atom stereocenters. The summed E-state index contributed by atoms with van der Waals surface area (Å²) in [5.41, 5.74) is 0.780. The van der Waals surface area contributed by atoms with E-state index in [-0.39, 0.29) is 22.8 Å². The Hall–Kier alpha value is -2.11. The number of hydrogen-bond donors (Lipinski definition) is 1. The molecule has 0 spiro atoms. The van der Waals surface area contributed by atoms with E-state index in [1.54, 1.807) is 18.2 Å². The maximum atomic E-state index is 12.0. The minimum atomic E-state index is -0.572. The van der Waals surface area contributed by atoms with Crippen molar-refractivity contribution in [3.05, 3.63) is 73.8 Å². The number of halogens is 2. The van der Waals surface area contributed by atoms with E-state index in [4.69, 9.17) is 23.2 Å². The fourth-order valence-electron chi connectivity index (χ4n) is 1.71. The van der Waals surface area contributed by atoms with Gasteiger partial charge in [-0.15, -0.1) is 0 Å². The molecule has 108 valence electrons. The number of nitro benzene ring substituents is 1. The predicted octanol–water partition coefficient (Wildman–Crippen LogP) is 3.83. The van der Waals surface area contributed by atoms with Gasteiger partial charge in [-0.3, -0.25) is 14.9 Å². The average molecular weight is 325 g/mol. The zero-order chi connectivity index (χ0) is 15.4. The first kappa shape index (κ1) is 15.3. The summed E-state index contributed by atoms with van der Waals surface area (Å²) in [6.45, 7) is 0.242. The minimum Gasteiger partial charge on any atom is -0.348 e. The van der Waals surface area contributed by atoms with Gasteiger partial charge in [0, 0.05) is 23.7 Å². The van der Waals surface area contributed by atoms with Crippen molar-refractivity contribution in [2.24, 2.45) is 0 Å². The molecule has 7 heteroatoms. The molecule has 0 radical (unpaired) electrons. The molecule has 0 bridgehead atoms. The lowest BCUT2D eigenvalue weighted by atomic mass is 10.1. The molecular formula is C14H10Cl2N2O3. The van der Waals surface area contributed by atoms with Crippen LogP contribution in [0.25, 0.3) is 0 Å². The number of nitrogens with one attached hydrogen (secondary N) is 1. The zero-order valence-electron chi connectivity index (χ0n) is 10.7. The molecule has 5 nitrogen and oxygen atoms in total. The molecule has 0 saturated carbocycles. The molecule has 1 N–H and O–H groups in total. The lowest BCUT2D eigenvalue weighted by molar-refractivity contribution is -0.384. The first-order chi connectivity index (χ1) is 9.99. The monoisotopic (exact) mass is 324 g/mol. The lowest BCUT2D eigenvalue weighted by Gasteiger charge is -2.08. The van der Waals surface area contributed by atoms with Crippen molar-refractivity contribution in [3.8, 4) is 0 Å². The summed E-state index contributed by atoms with van der Waals surface area (Å²) >= 11 is 11.9. The molecule has 2 aromatic carbocycles. The van der Waals surface area contributed by atoms with Crippen molar-refractivity contribution in [1.82, 2.24) is 5.32 Å². The van der Waals surface area contributed by atoms with Crippen LogP contribution < -0.4 is 5.32 Å². The van der Waals surface area contributed by atoms with Gasteiger partial charge in [0.05, 0.1) is 15.5 Å². The maximum Gasteiger partial charge on any atom is 0.270 e. The van der Waals surface area contributed by atoms with E-state index in [1.165, 1.54) is 12.1 Å². The zero-order valence-corrected chi connectivity index (χ0v) is 12.2. The van der Waals surface area contributed by atoms with Gasteiger partial charge >= 0.3 is 0 Å². The third-order valence-corrected chi connectivity index (χ3v) is 3.49. The van der Waals surface area contributed by atoms with Crippen LogP contribution in [0.1, 0.15) is 15.9 Å². The van der Waals surface area contributed by atoms with Crippen LogP contribution >= 0.6 is 23.2 Å². The summed E-state index contributed by atoms with van der Waals surface area (Å²) in [5.74, 6) is -0.421. The van der Waals surface area contributed by atoms with Crippen LogP contribution in [0.4, 0.5) is 5.69 Å². The van der Waals surface area contributed by atoms with Gasteiger partial charge in [-0.1, -0.05) is 41.4 Å². The number of nitro groups is 1. The number of carbonyl (C=O) groups excluding carboxylic acids is 1. The third kappa shape index (κ3) is 3.71. The topological polar surface area (TPSA) is 72.2 Å². The highest BCUT2D eigenvalue weighted by Gasteiger charge is 2.14. The van der Waals surface area contributed by atoms with Crippen molar-refractivity contribution in [1.29, 1.82) is 0 Å². The first-order valence-corrected chi connectivity index (χ1v) is 6.70. The van der Waals surface area contributed by atoms with Gasteiger partial charge in [-0.05, 0) is 17.7 Å². The summed E-state index contributed by atoms with van der Waals surface area (Å²) < 4.78 is 0. The molecule has 1 amide bonds. The smallest absolute Gasteiger partial charge is 0.270 e. The van der Waals surface area contributed by atoms with Crippen molar-refractivity contribution in [3.63, 3.8) is 0 Å². The van der Waals surface area contributed by atoms with Crippen molar-refractivity contribution in [2.75, 3.05) is 0 Å². The van der Waals surface area contributed by atoms with E-state index < -0.39 is 10.8 Å². The highest BCUT2D eigenvalue weighted by atomic mass is 35.5. The summed E-state index contributed by atoms with van der Waals surface area (Å²) in [6, 6.07) is 10.8.